The predicted molar refractivity (Wildman–Crippen MR) is 134 cm³/mol. The second-order valence-corrected chi connectivity index (χ2v) is 10.4. The molecule has 1 saturated heterocycles. The van der Waals surface area contributed by atoms with E-state index in [-0.39, 0.29) is 29.7 Å². The fraction of sp³-hybridized carbons (Fsp3) is 0.611. The summed E-state index contributed by atoms with van der Waals surface area (Å²) in [5, 5.41) is 6.34. The Bertz CT molecular complexity index is 738. The molecule has 28 heavy (non-hydrogen) atoms. The average molecular weight is 559 g/mol. The first kappa shape index (κ1) is 25.9. The van der Waals surface area contributed by atoms with E-state index in [1.165, 1.54) is 16.0 Å². The summed E-state index contributed by atoms with van der Waals surface area (Å²) in [5.41, 5.74) is 2.40. The smallest absolute Gasteiger partial charge is 0.215 e. The van der Waals surface area contributed by atoms with Gasteiger partial charge in [0.1, 0.15) is 0 Å². The molecule has 160 valence electrons. The lowest BCUT2D eigenvalue weighted by Gasteiger charge is -2.25. The molecular weight excluding hydrogens is 527 g/mol. The first-order chi connectivity index (χ1) is 13.0. The van der Waals surface area contributed by atoms with Gasteiger partial charge in [0.25, 0.3) is 0 Å². The van der Waals surface area contributed by atoms with Gasteiger partial charge in [0, 0.05) is 42.6 Å². The van der Waals surface area contributed by atoms with Crippen molar-refractivity contribution in [2.45, 2.75) is 25.3 Å². The van der Waals surface area contributed by atoms with Crippen LogP contribution in [0.5, 0.6) is 0 Å². The van der Waals surface area contributed by atoms with Crippen molar-refractivity contribution in [3.05, 3.63) is 29.3 Å². The molecule has 2 rings (SSSR count). The summed E-state index contributed by atoms with van der Waals surface area (Å²) in [6, 6.07) is 6.36. The summed E-state index contributed by atoms with van der Waals surface area (Å²) >= 11 is 3.52. The predicted octanol–water partition coefficient (Wildman–Crippen LogP) is 2.77. The summed E-state index contributed by atoms with van der Waals surface area (Å²) in [4.78, 5) is 5.85. The highest BCUT2D eigenvalue weighted by molar-refractivity contribution is 14.0. The van der Waals surface area contributed by atoms with Crippen molar-refractivity contribution < 1.29 is 8.42 Å². The number of hydrogen-bond acceptors (Lipinski definition) is 5. The third-order valence-corrected chi connectivity index (χ3v) is 7.84. The molecule has 0 bridgehead atoms. The topological polar surface area (TPSA) is 73.8 Å². The van der Waals surface area contributed by atoms with Gasteiger partial charge < -0.3 is 10.6 Å². The molecule has 0 atom stereocenters. The van der Waals surface area contributed by atoms with Crippen LogP contribution in [0.15, 0.2) is 28.1 Å². The number of thioether (sulfide) groups is 2. The molecule has 1 aromatic carbocycles. The summed E-state index contributed by atoms with van der Waals surface area (Å²) in [6.45, 7) is 6.95. The van der Waals surface area contributed by atoms with Crippen LogP contribution in [-0.4, -0.2) is 68.4 Å². The highest BCUT2D eigenvalue weighted by atomic mass is 127. The maximum absolute atomic E-state index is 12.4. The molecule has 0 saturated carbocycles. The summed E-state index contributed by atoms with van der Waals surface area (Å²) in [5.74, 6) is 2.49. The lowest BCUT2D eigenvalue weighted by Crippen LogP contribution is -2.44. The van der Waals surface area contributed by atoms with Gasteiger partial charge in [-0.2, -0.15) is 11.8 Å². The van der Waals surface area contributed by atoms with E-state index in [0.29, 0.717) is 32.1 Å². The molecule has 6 nitrogen and oxygen atoms in total. The molecule has 0 unspecified atom stereocenters. The highest BCUT2D eigenvalue weighted by Gasteiger charge is 2.23. The molecule has 0 amide bonds. The van der Waals surface area contributed by atoms with E-state index in [0.717, 1.165) is 18.1 Å². The van der Waals surface area contributed by atoms with Gasteiger partial charge in [-0.25, -0.2) is 17.7 Å². The van der Waals surface area contributed by atoms with Gasteiger partial charge in [-0.3, -0.25) is 0 Å². The van der Waals surface area contributed by atoms with Crippen LogP contribution in [0.25, 0.3) is 0 Å². The lowest BCUT2D eigenvalue weighted by atomic mass is 10.1. The number of aryl methyl sites for hydroxylation is 1. The third kappa shape index (κ3) is 8.29. The van der Waals surface area contributed by atoms with Crippen molar-refractivity contribution in [3.8, 4) is 0 Å². The quantitative estimate of drug-likeness (QED) is 0.221. The number of guanidine groups is 1. The summed E-state index contributed by atoms with van der Waals surface area (Å²) in [6.07, 6.45) is 2.06. The van der Waals surface area contributed by atoms with Crippen molar-refractivity contribution in [2.75, 3.05) is 49.7 Å². The molecule has 1 fully saturated rings. The SMILES string of the molecule is CCNC(=NCc1ccc(C)cc1SC)NCCS(=O)(=O)N1CCSCC1.I. The van der Waals surface area contributed by atoms with Crippen LogP contribution in [0, 0.1) is 6.92 Å². The summed E-state index contributed by atoms with van der Waals surface area (Å²) in [7, 11) is -3.21. The average Bonchev–Trinajstić information content (AvgIpc) is 2.67. The Labute approximate surface area is 195 Å². The fourth-order valence-electron chi connectivity index (χ4n) is 2.74. The van der Waals surface area contributed by atoms with E-state index < -0.39 is 10.0 Å². The van der Waals surface area contributed by atoms with Gasteiger partial charge in [0.2, 0.25) is 10.0 Å². The number of aliphatic imine (C=N–C) groups is 1. The number of rotatable bonds is 8. The zero-order valence-electron chi connectivity index (χ0n) is 16.7. The number of benzene rings is 1. The van der Waals surface area contributed by atoms with Gasteiger partial charge in [-0.05, 0) is 37.3 Å². The molecule has 1 heterocycles. The van der Waals surface area contributed by atoms with E-state index in [2.05, 4.69) is 47.0 Å². The van der Waals surface area contributed by atoms with Crippen LogP contribution in [0.2, 0.25) is 0 Å². The first-order valence-electron chi connectivity index (χ1n) is 9.17. The Morgan fingerprint density at radius 2 is 2.00 bits per heavy atom. The number of hydrogen-bond donors (Lipinski definition) is 2. The van der Waals surface area contributed by atoms with Crippen molar-refractivity contribution in [3.63, 3.8) is 0 Å². The Hall–Kier alpha value is -0.170. The largest absolute Gasteiger partial charge is 0.357 e. The molecule has 0 aliphatic carbocycles. The Morgan fingerprint density at radius 1 is 1.29 bits per heavy atom. The molecule has 0 aromatic heterocycles. The zero-order valence-corrected chi connectivity index (χ0v) is 21.5. The Balaban J connectivity index is 0.00000392. The Morgan fingerprint density at radius 3 is 2.64 bits per heavy atom. The standard InChI is InChI=1S/C18H30N4O2S3.HI/c1-4-19-18(21-14-16-6-5-15(2)13-17(16)25-3)20-7-12-27(23,24)22-8-10-26-11-9-22;/h5-6,13H,4,7-12,14H2,1-3H3,(H2,19,20,21);1H. The van der Waals surface area contributed by atoms with Gasteiger partial charge in [-0.1, -0.05) is 12.1 Å². The molecule has 2 N–H and O–H groups in total. The minimum Gasteiger partial charge on any atom is -0.357 e. The minimum absolute atomic E-state index is 0. The summed E-state index contributed by atoms with van der Waals surface area (Å²) < 4.78 is 26.5. The van der Waals surface area contributed by atoms with Crippen LogP contribution in [0.3, 0.4) is 0 Å². The minimum atomic E-state index is -3.21. The Kier molecular flexibility index (Phi) is 12.2. The molecule has 0 radical (unpaired) electrons. The van der Waals surface area contributed by atoms with E-state index in [4.69, 9.17) is 0 Å². The second-order valence-electron chi connectivity index (χ2n) is 6.26. The fourth-order valence-corrected chi connectivity index (χ4v) is 5.93. The highest BCUT2D eigenvalue weighted by Crippen LogP contribution is 2.22. The molecule has 1 aliphatic heterocycles. The van der Waals surface area contributed by atoms with Gasteiger partial charge >= 0.3 is 0 Å². The van der Waals surface area contributed by atoms with Crippen LogP contribution >= 0.6 is 47.5 Å². The normalized spacial score (nSPS) is 15.8. The number of nitrogens with zero attached hydrogens (tertiary/aromatic N) is 2. The molecule has 0 spiro atoms. The van der Waals surface area contributed by atoms with Gasteiger partial charge in [0.15, 0.2) is 5.96 Å². The lowest BCUT2D eigenvalue weighted by molar-refractivity contribution is 0.443. The van der Waals surface area contributed by atoms with Gasteiger partial charge in [0.05, 0.1) is 12.3 Å². The maximum Gasteiger partial charge on any atom is 0.215 e. The van der Waals surface area contributed by atoms with Crippen LogP contribution < -0.4 is 10.6 Å². The monoisotopic (exact) mass is 558 g/mol. The van der Waals surface area contributed by atoms with E-state index in [1.807, 2.05) is 6.92 Å². The number of sulfonamides is 1. The van der Waals surface area contributed by atoms with Gasteiger partial charge in [-0.15, -0.1) is 35.7 Å². The molecule has 10 heteroatoms. The van der Waals surface area contributed by atoms with Crippen LogP contribution in [0.1, 0.15) is 18.1 Å². The van der Waals surface area contributed by atoms with Crippen molar-refractivity contribution >= 4 is 63.5 Å². The molecular formula is C18H31IN4O2S3. The number of halogens is 1. The molecule has 1 aromatic rings. The molecule has 1 aliphatic rings. The first-order valence-corrected chi connectivity index (χ1v) is 13.2. The van der Waals surface area contributed by atoms with Crippen molar-refractivity contribution in [1.82, 2.24) is 14.9 Å². The zero-order chi connectivity index (χ0) is 19.7. The van der Waals surface area contributed by atoms with E-state index in [1.54, 1.807) is 27.8 Å². The van der Waals surface area contributed by atoms with E-state index in [9.17, 15) is 8.42 Å². The number of nitrogens with one attached hydrogen (secondary N) is 2. The van der Waals surface area contributed by atoms with Crippen molar-refractivity contribution in [1.29, 1.82) is 0 Å². The van der Waals surface area contributed by atoms with E-state index >= 15 is 0 Å². The second kappa shape index (κ2) is 13.2. The maximum atomic E-state index is 12.4. The van der Waals surface area contributed by atoms with Crippen LogP contribution in [0.4, 0.5) is 0 Å². The van der Waals surface area contributed by atoms with Crippen molar-refractivity contribution in [2.24, 2.45) is 4.99 Å². The third-order valence-electron chi connectivity index (χ3n) is 4.21. The van der Waals surface area contributed by atoms with Crippen LogP contribution in [-0.2, 0) is 16.6 Å².